The molecular weight excluding hydrogens is 935 g/mol. The second-order valence-electron chi connectivity index (χ2n) is 21.4. The molecule has 2 radical (unpaired) electrons. The predicted octanol–water partition coefficient (Wildman–Crippen LogP) is 18.9. The largest absolute Gasteiger partial charge is 0.164 e. The van der Waals surface area contributed by atoms with Crippen LogP contribution in [-0.4, -0.2) is 6.88 Å². The normalized spacial score (nSPS) is 24.1. The van der Waals surface area contributed by atoms with Gasteiger partial charge in [-0.25, -0.2) is 0 Å². The van der Waals surface area contributed by atoms with Crippen LogP contribution < -0.4 is 0 Å². The van der Waals surface area contributed by atoms with Gasteiger partial charge >= 0.3 is 30.2 Å². The summed E-state index contributed by atoms with van der Waals surface area (Å²) in [7, 11) is 0. The van der Waals surface area contributed by atoms with Crippen molar-refractivity contribution in [3.63, 3.8) is 0 Å². The SMILES string of the molecule is Cl.Cl.[CH2-]CC.[CH3-].[Si]=[Zr].c1cc(-c2ccc(C3CCCCC3)cc2)c2cc(CC34CCC(CC3)C4)[cH-]c2c1.c1cc(-c2ccc(C3CCCCC3)cc2)c2cc(CC34CCC(CC3)C4)[cH-]c2c1. The van der Waals surface area contributed by atoms with Crippen LogP contribution in [0.3, 0.4) is 0 Å². The molecule has 0 aliphatic heterocycles. The fourth-order valence-electron chi connectivity index (χ4n) is 14.0. The van der Waals surface area contributed by atoms with Crippen molar-refractivity contribution in [3.8, 4) is 22.3 Å². The second-order valence-corrected chi connectivity index (χ2v) is 21.4. The molecule has 6 aromatic carbocycles. The van der Waals surface area contributed by atoms with Crippen molar-refractivity contribution in [1.29, 1.82) is 0 Å². The van der Waals surface area contributed by atoms with Gasteiger partial charge in [0.25, 0.3) is 0 Å². The summed E-state index contributed by atoms with van der Waals surface area (Å²) in [6.45, 7) is 8.56. The number of fused-ring (bicyclic) bond motifs is 6. The molecule has 4 heteroatoms. The Hall–Kier alpha value is -2.22. The number of hydrogen-bond acceptors (Lipinski definition) is 0. The summed E-state index contributed by atoms with van der Waals surface area (Å²) in [5.41, 5.74) is 13.1. The van der Waals surface area contributed by atoms with E-state index in [-0.39, 0.29) is 32.2 Å². The zero-order valence-corrected chi connectivity index (χ0v) is 45.6. The van der Waals surface area contributed by atoms with Gasteiger partial charge < -0.3 is 14.4 Å². The summed E-state index contributed by atoms with van der Waals surface area (Å²) in [4.78, 5) is 0. The quantitative estimate of drug-likeness (QED) is 0.105. The Balaban J connectivity index is 0.000000191. The van der Waals surface area contributed by atoms with E-state index in [1.807, 2.05) is 6.92 Å². The Labute approximate surface area is 430 Å². The van der Waals surface area contributed by atoms with Gasteiger partial charge in [0.2, 0.25) is 0 Å². The van der Waals surface area contributed by atoms with Crippen molar-refractivity contribution >= 4 is 53.2 Å². The maximum atomic E-state index is 3.49. The Morgan fingerprint density at radius 3 is 1.20 bits per heavy atom. The van der Waals surface area contributed by atoms with Gasteiger partial charge in [-0.3, -0.25) is 0 Å². The van der Waals surface area contributed by atoms with Gasteiger partial charge in [0, 0.05) is 0 Å². The van der Waals surface area contributed by atoms with Crippen molar-refractivity contribution in [2.24, 2.45) is 22.7 Å². The van der Waals surface area contributed by atoms with Crippen LogP contribution in [0.25, 0.3) is 43.8 Å². The zero-order chi connectivity index (χ0) is 43.2. The molecule has 0 nitrogen and oxygen atoms in total. The van der Waals surface area contributed by atoms with E-state index >= 15 is 0 Å². The number of benzene rings is 4. The molecule has 6 saturated carbocycles. The van der Waals surface area contributed by atoms with Gasteiger partial charge in [-0.05, 0) is 159 Å². The van der Waals surface area contributed by atoms with E-state index in [0.717, 1.165) is 30.1 Å². The molecule has 12 rings (SSSR count). The molecule has 0 spiro atoms. The smallest absolute Gasteiger partial charge is 0.0162 e. The molecule has 6 aliphatic carbocycles. The number of rotatable bonds is 8. The Kier molecular flexibility index (Phi) is 19.8. The standard InChI is InChI=1S/2C29H33.C3H7.CH3.2ClH.Si.Zr/c2*1-2-5-23(6-3-1)24-9-11-25(12-10-24)27-8-4-7-26-17-22(18-28(26)27)20-29-15-13-21(19-29)14-16-29;1-3-2;;;;;/h2*4,7-12,17-18,21,23H,1-3,5-6,13-16,19-20H2;1,3H2,2H3;1H3;2*1H;;/q4*-1;;;;. The minimum Gasteiger partial charge on any atom is -0.164 e. The molecule has 66 heavy (non-hydrogen) atoms. The van der Waals surface area contributed by atoms with Gasteiger partial charge in [-0.15, -0.1) is 93.9 Å². The molecule has 6 aliphatic rings. The van der Waals surface area contributed by atoms with Crippen LogP contribution in [0, 0.1) is 37.0 Å². The fraction of sp³-hybridized carbons (Fsp3) is 0.484. The summed E-state index contributed by atoms with van der Waals surface area (Å²) >= 11 is 1.36. The van der Waals surface area contributed by atoms with Crippen molar-refractivity contribution in [2.75, 3.05) is 0 Å². The Morgan fingerprint density at radius 2 is 0.879 bits per heavy atom. The average Bonchev–Trinajstić information content (AvgIpc) is 4.22. The van der Waals surface area contributed by atoms with Crippen LogP contribution in [0.4, 0.5) is 0 Å². The molecule has 0 heterocycles. The van der Waals surface area contributed by atoms with Crippen LogP contribution in [0.5, 0.6) is 0 Å². The first-order chi connectivity index (χ1) is 31.0. The van der Waals surface area contributed by atoms with Crippen LogP contribution in [-0.2, 0) is 36.2 Å². The summed E-state index contributed by atoms with van der Waals surface area (Å²) < 4.78 is 0. The van der Waals surface area contributed by atoms with E-state index in [9.17, 15) is 0 Å². The predicted molar refractivity (Wildman–Crippen MR) is 289 cm³/mol. The third-order valence-corrected chi connectivity index (χ3v) is 17.2. The maximum absolute atomic E-state index is 3.49. The van der Waals surface area contributed by atoms with Crippen LogP contribution in [0.1, 0.15) is 176 Å². The number of halogens is 2. The van der Waals surface area contributed by atoms with Gasteiger partial charge in [0.1, 0.15) is 0 Å². The van der Waals surface area contributed by atoms with Crippen LogP contribution in [0.15, 0.2) is 109 Å². The third kappa shape index (κ3) is 12.0. The summed E-state index contributed by atoms with van der Waals surface area (Å²) in [6.07, 6.45) is 32.4. The maximum Gasteiger partial charge on any atom is -0.0162 e. The van der Waals surface area contributed by atoms with Crippen LogP contribution in [0.2, 0.25) is 0 Å². The molecule has 0 saturated heterocycles. The molecule has 0 atom stereocenters. The molecule has 0 aromatic heterocycles. The summed E-state index contributed by atoms with van der Waals surface area (Å²) in [5.74, 6) is 3.66. The van der Waals surface area contributed by atoms with Crippen LogP contribution >= 0.6 is 24.8 Å². The molecule has 0 amide bonds. The van der Waals surface area contributed by atoms with E-state index < -0.39 is 0 Å². The Bertz CT molecular complexity index is 2210. The van der Waals surface area contributed by atoms with Gasteiger partial charge in [-0.1, -0.05) is 117 Å². The molecule has 0 unspecified atom stereocenters. The molecule has 6 fully saturated rings. The number of hydrogen-bond donors (Lipinski definition) is 0. The first kappa shape index (κ1) is 53.1. The second kappa shape index (κ2) is 24.6. The van der Waals surface area contributed by atoms with Crippen molar-refractivity contribution in [1.82, 2.24) is 0 Å². The molecule has 0 N–H and O–H groups in total. The molecule has 6 aromatic rings. The van der Waals surface area contributed by atoms with E-state index in [2.05, 4.69) is 123 Å². The van der Waals surface area contributed by atoms with E-state index in [1.165, 1.54) is 208 Å². The molecule has 352 valence electrons. The first-order valence-electron chi connectivity index (χ1n) is 25.6. The minimum absolute atomic E-state index is 0. The summed E-state index contributed by atoms with van der Waals surface area (Å²) in [5, 5.41) is 5.77. The molecule has 4 bridgehead atoms. The minimum atomic E-state index is 0. The zero-order valence-electron chi connectivity index (χ0n) is 40.5. The van der Waals surface area contributed by atoms with Gasteiger partial charge in [0.05, 0.1) is 0 Å². The van der Waals surface area contributed by atoms with Crippen molar-refractivity contribution in [3.05, 3.63) is 146 Å². The Morgan fingerprint density at radius 1 is 0.530 bits per heavy atom. The first-order valence-corrected chi connectivity index (χ1v) is 29.8. The monoisotopic (exact) mass is 1010 g/mol. The molecular formula is C62H78Cl2SiZr-4. The van der Waals surface area contributed by atoms with Crippen molar-refractivity contribution in [2.45, 2.75) is 166 Å². The van der Waals surface area contributed by atoms with Gasteiger partial charge in [0.15, 0.2) is 0 Å². The van der Waals surface area contributed by atoms with E-state index in [0.29, 0.717) is 10.8 Å². The van der Waals surface area contributed by atoms with Crippen molar-refractivity contribution < 1.29 is 23.3 Å². The third-order valence-electron chi connectivity index (χ3n) is 17.2. The topological polar surface area (TPSA) is 0 Å². The van der Waals surface area contributed by atoms with E-state index in [1.54, 1.807) is 22.3 Å². The fourth-order valence-corrected chi connectivity index (χ4v) is 14.0. The van der Waals surface area contributed by atoms with Gasteiger partial charge in [-0.2, -0.15) is 18.6 Å². The average molecular weight is 1010 g/mol. The van der Waals surface area contributed by atoms with E-state index in [4.69, 9.17) is 0 Å². The summed E-state index contributed by atoms with van der Waals surface area (Å²) in [6, 6.07) is 42.9.